The number of nitrogens with one attached hydrogen (secondary N) is 1. The Hall–Kier alpha value is -2.45. The third-order valence-corrected chi connectivity index (χ3v) is 11.3. The zero-order chi connectivity index (χ0) is 30.7. The number of carbonyl (C=O) groups is 3. The zero-order valence-corrected chi connectivity index (χ0v) is 26.5. The quantitative estimate of drug-likeness (QED) is 0.500. The van der Waals surface area contributed by atoms with E-state index < -0.39 is 22.6 Å². The Morgan fingerprint density at radius 2 is 1.69 bits per heavy atom. The van der Waals surface area contributed by atoms with E-state index in [0.29, 0.717) is 63.2 Å². The van der Waals surface area contributed by atoms with Gasteiger partial charge >= 0.3 is 0 Å². The van der Waals surface area contributed by atoms with Gasteiger partial charge in [0.15, 0.2) is 0 Å². The van der Waals surface area contributed by atoms with Gasteiger partial charge in [0.05, 0.1) is 29.6 Å². The average molecular weight is 582 g/mol. The maximum absolute atomic E-state index is 13.8. The second kappa shape index (κ2) is 10.9. The van der Waals surface area contributed by atoms with Gasteiger partial charge in [-0.3, -0.25) is 14.1 Å². The molecule has 4 saturated carbocycles. The van der Waals surface area contributed by atoms with Crippen LogP contribution in [0.25, 0.3) is 0 Å². The summed E-state index contributed by atoms with van der Waals surface area (Å²) in [5.41, 5.74) is 1.27. The molecule has 1 aliphatic heterocycles. The lowest BCUT2D eigenvalue weighted by molar-refractivity contribution is -0.917. The molecule has 3 unspecified atom stereocenters. The van der Waals surface area contributed by atoms with Gasteiger partial charge in [0.25, 0.3) is 6.09 Å². The molecule has 6 rings (SSSR count). The number of benzene rings is 1. The maximum Gasteiger partial charge on any atom is 0.257 e. The molecule has 8 nitrogen and oxygen atoms in total. The lowest BCUT2D eigenvalue weighted by Crippen LogP contribution is -2.68. The second-order valence-electron chi connectivity index (χ2n) is 15.6. The van der Waals surface area contributed by atoms with Crippen LogP contribution in [-0.2, 0) is 21.4 Å². The number of carboxylic acid groups (broad SMARTS) is 1. The number of quaternary nitrogens is 1. The predicted molar refractivity (Wildman–Crippen MR) is 159 cm³/mol. The molecule has 2 N–H and O–H groups in total. The van der Waals surface area contributed by atoms with Gasteiger partial charge < -0.3 is 25.2 Å². The van der Waals surface area contributed by atoms with E-state index in [2.05, 4.69) is 23.5 Å². The normalized spacial score (nSPS) is 32.9. The van der Waals surface area contributed by atoms with Crippen LogP contribution in [0, 0.1) is 24.7 Å². The van der Waals surface area contributed by atoms with Crippen LogP contribution in [0.3, 0.4) is 0 Å². The Labute approximate surface area is 251 Å². The Kier molecular flexibility index (Phi) is 8.06. The van der Waals surface area contributed by atoms with Crippen molar-refractivity contribution in [3.05, 3.63) is 34.9 Å². The van der Waals surface area contributed by atoms with Crippen LogP contribution in [0.2, 0.25) is 0 Å². The van der Waals surface area contributed by atoms with E-state index in [1.807, 2.05) is 46.4 Å². The fourth-order valence-corrected chi connectivity index (χ4v) is 8.88. The van der Waals surface area contributed by atoms with Crippen LogP contribution in [0.4, 0.5) is 4.79 Å². The summed E-state index contributed by atoms with van der Waals surface area (Å²) in [6.45, 7) is 13.5. The molecule has 3 atom stereocenters. The zero-order valence-electron chi connectivity index (χ0n) is 26.5. The third-order valence-electron chi connectivity index (χ3n) is 11.3. The topological polar surface area (TPSA) is 110 Å². The Balaban J connectivity index is 1.22. The fourth-order valence-electron chi connectivity index (χ4n) is 8.88. The molecule has 1 aromatic carbocycles. The predicted octanol–water partition coefficient (Wildman–Crippen LogP) is 3.45. The molecule has 4 aliphatic carbocycles. The van der Waals surface area contributed by atoms with Gasteiger partial charge in [0, 0.05) is 25.4 Å². The van der Waals surface area contributed by atoms with Gasteiger partial charge in [-0.1, -0.05) is 23.8 Å². The van der Waals surface area contributed by atoms with Gasteiger partial charge in [-0.25, -0.2) is 0 Å². The molecule has 4 bridgehead atoms. The Bertz CT molecular complexity index is 1220. The van der Waals surface area contributed by atoms with Crippen molar-refractivity contribution in [3.63, 3.8) is 0 Å². The number of aliphatic hydroxyl groups is 1. The molecule has 1 aromatic rings. The monoisotopic (exact) mass is 581 g/mol. The van der Waals surface area contributed by atoms with Gasteiger partial charge in [0.1, 0.15) is 6.54 Å². The van der Waals surface area contributed by atoms with Crippen LogP contribution >= 0.6 is 0 Å². The number of nitrogens with zero attached hydrogens (tertiary/aromatic N) is 2. The Morgan fingerprint density at radius 1 is 1.02 bits per heavy atom. The van der Waals surface area contributed by atoms with Crippen molar-refractivity contribution in [2.45, 2.75) is 116 Å². The highest BCUT2D eigenvalue weighted by atomic mass is 16.4. The van der Waals surface area contributed by atoms with Gasteiger partial charge in [-0.05, 0) is 109 Å². The van der Waals surface area contributed by atoms with Crippen molar-refractivity contribution in [2.24, 2.45) is 17.8 Å². The summed E-state index contributed by atoms with van der Waals surface area (Å²) in [7, 11) is 0. The van der Waals surface area contributed by atoms with Crippen LogP contribution in [0.5, 0.6) is 0 Å². The lowest BCUT2D eigenvalue weighted by Gasteiger charge is -2.58. The smallest absolute Gasteiger partial charge is 0.257 e. The summed E-state index contributed by atoms with van der Waals surface area (Å²) in [5, 5.41) is 26.5. The first-order chi connectivity index (χ1) is 19.5. The van der Waals surface area contributed by atoms with Crippen molar-refractivity contribution in [1.82, 2.24) is 10.2 Å². The summed E-state index contributed by atoms with van der Waals surface area (Å²) in [6, 6.07) is 6.36. The number of hydrogen-bond donors (Lipinski definition) is 2. The molecule has 5 fully saturated rings. The van der Waals surface area contributed by atoms with Crippen LogP contribution in [0.15, 0.2) is 18.2 Å². The van der Waals surface area contributed by atoms with Gasteiger partial charge in [0.2, 0.25) is 11.8 Å². The summed E-state index contributed by atoms with van der Waals surface area (Å²) < 4.78 is -0.140. The maximum atomic E-state index is 13.8. The molecule has 5 aliphatic rings. The lowest BCUT2D eigenvalue weighted by atomic mass is 9.52. The molecule has 232 valence electrons. The van der Waals surface area contributed by atoms with Crippen LogP contribution in [0.1, 0.15) is 96.3 Å². The summed E-state index contributed by atoms with van der Waals surface area (Å²) >= 11 is 0. The minimum absolute atomic E-state index is 0.0255. The minimum atomic E-state index is -1.07. The summed E-state index contributed by atoms with van der Waals surface area (Å²) in [6.07, 6.45) is 5.19. The van der Waals surface area contributed by atoms with E-state index in [4.69, 9.17) is 0 Å². The molecule has 0 spiro atoms. The van der Waals surface area contributed by atoms with E-state index in [9.17, 15) is 24.6 Å². The minimum Gasteiger partial charge on any atom is -0.498 e. The number of rotatable bonds is 6. The molecule has 42 heavy (non-hydrogen) atoms. The first-order valence-electron chi connectivity index (χ1n) is 16.0. The highest BCUT2D eigenvalue weighted by Gasteiger charge is 2.55. The first kappa shape index (κ1) is 31.0. The van der Waals surface area contributed by atoms with E-state index >= 15 is 0 Å². The average Bonchev–Trinajstić information content (AvgIpc) is 3.12. The standard InChI is InChI=1S/C34H51N3O5/c1-22-14-23(8-9-28(38)36-10-7-12-37(13-11-36,31(40)41)32(2,3)4)18-27(15-22)33(5,6)30(39)35-29-25-16-24-17-26(29)21-34(42,19-24)20-25/h14-15,18,24-26,29,42H,7-13,16-17,19-21H2,1-6H3,(H-,35,39,40,41). The number of amides is 3. The van der Waals surface area contributed by atoms with Crippen LogP contribution < -0.4 is 10.4 Å². The Morgan fingerprint density at radius 3 is 2.29 bits per heavy atom. The molecule has 1 heterocycles. The second-order valence-corrected chi connectivity index (χ2v) is 15.6. The highest BCUT2D eigenvalue weighted by molar-refractivity contribution is 5.87. The summed E-state index contributed by atoms with van der Waals surface area (Å²) in [4.78, 5) is 41.0. The van der Waals surface area contributed by atoms with Crippen molar-refractivity contribution in [1.29, 1.82) is 0 Å². The molecule has 8 heteroatoms. The summed E-state index contributed by atoms with van der Waals surface area (Å²) in [5.74, 6) is 1.37. The number of hydrogen-bond acceptors (Lipinski definition) is 5. The van der Waals surface area contributed by atoms with E-state index in [1.54, 1.807) is 0 Å². The number of aryl methyl sites for hydroxylation is 2. The highest BCUT2D eigenvalue weighted by Crippen LogP contribution is 2.55. The van der Waals surface area contributed by atoms with E-state index in [1.165, 1.54) is 0 Å². The molecule has 0 radical (unpaired) electrons. The van der Waals surface area contributed by atoms with E-state index in [-0.39, 0.29) is 22.3 Å². The fraction of sp³-hybridized carbons (Fsp3) is 0.735. The van der Waals surface area contributed by atoms with Gasteiger partial charge in [-0.2, -0.15) is 0 Å². The SMILES string of the molecule is Cc1cc(CCC(=O)N2CCC[N+](C(=O)[O-])(C(C)(C)C)CC2)cc(C(C)(C)C(=O)NC2C3CC4CC2CC(O)(C4)C3)c1. The van der Waals surface area contributed by atoms with Gasteiger partial charge in [-0.15, -0.1) is 0 Å². The number of carbonyl (C=O) groups excluding carboxylic acids is 3. The molecule has 1 saturated heterocycles. The third kappa shape index (κ3) is 5.73. The van der Waals surface area contributed by atoms with E-state index in [0.717, 1.165) is 48.8 Å². The van der Waals surface area contributed by atoms with Crippen molar-refractivity contribution < 1.29 is 29.1 Å². The van der Waals surface area contributed by atoms with Crippen molar-refractivity contribution in [3.8, 4) is 0 Å². The van der Waals surface area contributed by atoms with Crippen molar-refractivity contribution >= 4 is 17.9 Å². The molecular weight excluding hydrogens is 530 g/mol. The molecule has 3 amide bonds. The van der Waals surface area contributed by atoms with Crippen molar-refractivity contribution in [2.75, 3.05) is 26.2 Å². The van der Waals surface area contributed by atoms with Crippen LogP contribution in [-0.4, -0.2) is 75.8 Å². The first-order valence-corrected chi connectivity index (χ1v) is 16.0. The molecular formula is C34H51N3O5. The largest absolute Gasteiger partial charge is 0.498 e. The molecule has 0 aromatic heterocycles.